The van der Waals surface area contributed by atoms with Crippen LogP contribution in [-0.4, -0.2) is 6.61 Å². The Morgan fingerprint density at radius 1 is 1.67 bits per heavy atom. The summed E-state index contributed by atoms with van der Waals surface area (Å²) in [6, 6.07) is 0. The van der Waals surface area contributed by atoms with E-state index in [1.165, 1.54) is 0 Å². The van der Waals surface area contributed by atoms with E-state index in [-0.39, 0.29) is 12.0 Å². The Labute approximate surface area is 38.0 Å². The molecule has 0 unspecified atom stereocenters. The van der Waals surface area contributed by atoms with Crippen molar-refractivity contribution in [2.45, 2.75) is 19.8 Å². The summed E-state index contributed by atoms with van der Waals surface area (Å²) in [5, 5.41) is 10.0. The van der Waals surface area contributed by atoms with Gasteiger partial charge in [-0.2, -0.15) is 0 Å². The molecule has 0 aromatic carbocycles. The van der Waals surface area contributed by atoms with E-state index >= 15 is 0 Å². The molecule has 1 aliphatic rings. The Hall–Kier alpha value is -0.0400. The highest BCUT2D eigenvalue weighted by molar-refractivity contribution is 4.86. The molecule has 0 atom stereocenters. The molecule has 0 aromatic rings. The Balaban J connectivity index is 2.28. The van der Waals surface area contributed by atoms with Crippen molar-refractivity contribution in [3.63, 3.8) is 0 Å². The molecule has 0 bridgehead atoms. The van der Waals surface area contributed by atoms with E-state index in [1.54, 1.807) is 0 Å². The molecule has 0 aliphatic heterocycles. The van der Waals surface area contributed by atoms with Crippen molar-refractivity contribution in [2.75, 3.05) is 6.61 Å². The van der Waals surface area contributed by atoms with Gasteiger partial charge in [-0.3, -0.25) is 0 Å². The highest BCUT2D eigenvalue weighted by atomic mass is 16.3. The second-order valence-electron chi connectivity index (χ2n) is 2.45. The van der Waals surface area contributed by atoms with Crippen LogP contribution in [-0.2, 0) is 5.11 Å². The Kier molecular flexibility index (Phi) is 0.667. The normalized spacial score (nSPS) is 27.0. The fourth-order valence-corrected chi connectivity index (χ4v) is 0.358. The average molecular weight is 85.1 g/mol. The fraction of sp³-hybridized carbons (Fsp3) is 1.00. The third-order valence-corrected chi connectivity index (χ3v) is 1.45. The minimum atomic E-state index is 0.132. The zero-order valence-electron chi connectivity index (χ0n) is 4.03. The molecule has 0 spiro atoms. The van der Waals surface area contributed by atoms with Gasteiger partial charge in [-0.15, -0.1) is 0 Å². The Bertz CT molecular complexity index is 55.0. The van der Waals surface area contributed by atoms with Gasteiger partial charge in [0.25, 0.3) is 0 Å². The van der Waals surface area contributed by atoms with Crippen LogP contribution in [0, 0.1) is 5.41 Å². The van der Waals surface area contributed by atoms with Crippen molar-refractivity contribution >= 4 is 0 Å². The molecule has 1 heteroatoms. The maximum atomic E-state index is 10.0. The first-order chi connectivity index (χ1) is 2.77. The number of hydrogen-bond donors (Lipinski definition) is 0. The van der Waals surface area contributed by atoms with Gasteiger partial charge in [0.15, 0.2) is 0 Å². The van der Waals surface area contributed by atoms with Crippen LogP contribution in [0.5, 0.6) is 0 Å². The second-order valence-corrected chi connectivity index (χ2v) is 2.45. The molecule has 1 saturated carbocycles. The van der Waals surface area contributed by atoms with Crippen molar-refractivity contribution in [1.29, 1.82) is 0 Å². The van der Waals surface area contributed by atoms with Gasteiger partial charge in [0, 0.05) is 0 Å². The quantitative estimate of drug-likeness (QED) is 0.456. The van der Waals surface area contributed by atoms with Gasteiger partial charge in [-0.1, -0.05) is 6.92 Å². The smallest absolute Gasteiger partial charge is 0.0875 e. The first kappa shape index (κ1) is 4.13. The first-order valence-electron chi connectivity index (χ1n) is 2.35. The van der Waals surface area contributed by atoms with Crippen LogP contribution < -0.4 is 0 Å². The molecule has 6 heavy (non-hydrogen) atoms. The molecule has 0 aromatic heterocycles. The second kappa shape index (κ2) is 0.969. The Morgan fingerprint density at radius 2 is 2.17 bits per heavy atom. The highest BCUT2D eigenvalue weighted by Gasteiger charge is 2.36. The van der Waals surface area contributed by atoms with Crippen LogP contribution in [0.25, 0.3) is 0 Å². The zero-order chi connectivity index (χ0) is 4.62. The first-order valence-corrected chi connectivity index (χ1v) is 2.35. The summed E-state index contributed by atoms with van der Waals surface area (Å²) in [5.41, 5.74) is 0.236. The summed E-state index contributed by atoms with van der Waals surface area (Å²) in [6.45, 7) is 2.17. The lowest BCUT2D eigenvalue weighted by Crippen LogP contribution is -1.95. The van der Waals surface area contributed by atoms with Crippen LogP contribution in [0.15, 0.2) is 0 Å². The van der Waals surface area contributed by atoms with Gasteiger partial charge >= 0.3 is 0 Å². The lowest BCUT2D eigenvalue weighted by atomic mass is 10.2. The van der Waals surface area contributed by atoms with E-state index in [0.717, 1.165) is 12.8 Å². The van der Waals surface area contributed by atoms with Crippen LogP contribution in [0.2, 0.25) is 0 Å². The lowest BCUT2D eigenvalue weighted by molar-refractivity contribution is 0.140. The standard InChI is InChI=1S/C5H9O/c1-5(4-6)2-3-5/h2-4H2,1H3. The average Bonchev–Trinajstić information content (AvgIpc) is 2.22. The van der Waals surface area contributed by atoms with Crippen LogP contribution >= 0.6 is 0 Å². The summed E-state index contributed by atoms with van der Waals surface area (Å²) in [7, 11) is 0. The van der Waals surface area contributed by atoms with Crippen molar-refractivity contribution in [2.24, 2.45) is 5.41 Å². The molecule has 1 rings (SSSR count). The molecule has 0 amide bonds. The van der Waals surface area contributed by atoms with Gasteiger partial charge in [-0.05, 0) is 18.3 Å². The highest BCUT2D eigenvalue weighted by Crippen LogP contribution is 2.44. The molecule has 1 radical (unpaired) electrons. The van der Waals surface area contributed by atoms with Crippen LogP contribution in [0.4, 0.5) is 0 Å². The lowest BCUT2D eigenvalue weighted by Gasteiger charge is -1.93. The summed E-state index contributed by atoms with van der Waals surface area (Å²) < 4.78 is 0. The molecule has 0 heterocycles. The third-order valence-electron chi connectivity index (χ3n) is 1.45. The summed E-state index contributed by atoms with van der Waals surface area (Å²) in [4.78, 5) is 0. The van der Waals surface area contributed by atoms with Gasteiger partial charge in [-0.25, -0.2) is 5.11 Å². The SMILES string of the molecule is CC1(C[O])CC1. The fourth-order valence-electron chi connectivity index (χ4n) is 0.358. The number of hydrogen-bond acceptors (Lipinski definition) is 0. The largest absolute Gasteiger partial charge is 0.236 e. The van der Waals surface area contributed by atoms with Gasteiger partial charge in [0.05, 0.1) is 6.61 Å². The van der Waals surface area contributed by atoms with E-state index in [4.69, 9.17) is 0 Å². The van der Waals surface area contributed by atoms with Crippen molar-refractivity contribution in [3.8, 4) is 0 Å². The van der Waals surface area contributed by atoms with Gasteiger partial charge in [0.1, 0.15) is 0 Å². The molecule has 1 aliphatic carbocycles. The van der Waals surface area contributed by atoms with E-state index in [0.29, 0.717) is 0 Å². The number of rotatable bonds is 1. The predicted molar refractivity (Wildman–Crippen MR) is 22.9 cm³/mol. The minimum absolute atomic E-state index is 0.132. The summed E-state index contributed by atoms with van der Waals surface area (Å²) in [6.07, 6.45) is 2.33. The molecule has 0 saturated heterocycles. The van der Waals surface area contributed by atoms with Crippen molar-refractivity contribution in [1.82, 2.24) is 0 Å². The maximum Gasteiger partial charge on any atom is 0.0875 e. The zero-order valence-corrected chi connectivity index (χ0v) is 4.03. The van der Waals surface area contributed by atoms with Gasteiger partial charge < -0.3 is 0 Å². The van der Waals surface area contributed by atoms with Crippen molar-refractivity contribution in [3.05, 3.63) is 0 Å². The third kappa shape index (κ3) is 0.548. The van der Waals surface area contributed by atoms with E-state index < -0.39 is 0 Å². The maximum absolute atomic E-state index is 10.0. The summed E-state index contributed by atoms with van der Waals surface area (Å²) in [5.74, 6) is 0. The topological polar surface area (TPSA) is 19.9 Å². The van der Waals surface area contributed by atoms with E-state index in [9.17, 15) is 5.11 Å². The van der Waals surface area contributed by atoms with E-state index in [2.05, 4.69) is 0 Å². The minimum Gasteiger partial charge on any atom is -0.236 e. The van der Waals surface area contributed by atoms with Crippen LogP contribution in [0.3, 0.4) is 0 Å². The van der Waals surface area contributed by atoms with Gasteiger partial charge in [0.2, 0.25) is 0 Å². The van der Waals surface area contributed by atoms with E-state index in [1.807, 2.05) is 6.92 Å². The van der Waals surface area contributed by atoms with Crippen LogP contribution in [0.1, 0.15) is 19.8 Å². The molecule has 35 valence electrons. The van der Waals surface area contributed by atoms with Crippen molar-refractivity contribution < 1.29 is 5.11 Å². The predicted octanol–water partition coefficient (Wildman–Crippen LogP) is 1.22. The molecule has 0 N–H and O–H groups in total. The molecule has 1 nitrogen and oxygen atoms in total. The molecule has 1 fully saturated rings. The Morgan fingerprint density at radius 3 is 2.17 bits per heavy atom. The molecular weight excluding hydrogens is 76.1 g/mol. The summed E-state index contributed by atoms with van der Waals surface area (Å²) >= 11 is 0. The molecular formula is C5H9O. The monoisotopic (exact) mass is 85.1 g/mol.